The van der Waals surface area contributed by atoms with Gasteiger partial charge in [-0.25, -0.2) is 0 Å². The average molecular weight is 192 g/mol. The molecule has 78 valence electrons. The third-order valence-corrected chi connectivity index (χ3v) is 2.29. The lowest BCUT2D eigenvalue weighted by Gasteiger charge is -2.40. The van der Waals surface area contributed by atoms with E-state index in [0.717, 1.165) is 0 Å². The molecule has 0 amide bonds. The van der Waals surface area contributed by atoms with E-state index in [1.54, 1.807) is 6.92 Å². The van der Waals surface area contributed by atoms with Crippen LogP contribution in [0.2, 0.25) is 0 Å². The van der Waals surface area contributed by atoms with Crippen LogP contribution in [0.3, 0.4) is 0 Å². The van der Waals surface area contributed by atoms with Crippen LogP contribution in [0.5, 0.6) is 0 Å². The Morgan fingerprint density at radius 3 is 2.15 bits per heavy atom. The Morgan fingerprint density at radius 2 is 1.69 bits per heavy atom. The van der Waals surface area contributed by atoms with Gasteiger partial charge in [0.2, 0.25) is 0 Å². The average Bonchev–Trinajstić information content (AvgIpc) is 2.12. The molecule has 2 N–H and O–H groups in total. The van der Waals surface area contributed by atoms with Crippen LogP contribution in [0.15, 0.2) is 0 Å². The van der Waals surface area contributed by atoms with Crippen LogP contribution in [0.4, 0.5) is 0 Å². The number of ether oxygens (including phenoxy) is 3. The number of rotatable bonds is 2. The molecule has 1 heterocycles. The molecule has 0 unspecified atom stereocenters. The normalized spacial score (nSPS) is 46.4. The third kappa shape index (κ3) is 2.00. The first-order valence-electron chi connectivity index (χ1n) is 4.19. The van der Waals surface area contributed by atoms with E-state index in [9.17, 15) is 10.2 Å². The number of aliphatic hydroxyl groups excluding tert-OH is 2. The lowest BCUT2D eigenvalue weighted by molar-refractivity contribution is -0.290. The van der Waals surface area contributed by atoms with Gasteiger partial charge in [0.1, 0.15) is 18.3 Å². The molecule has 0 spiro atoms. The first-order chi connectivity index (χ1) is 6.11. The van der Waals surface area contributed by atoms with E-state index in [-0.39, 0.29) is 0 Å². The molecule has 0 radical (unpaired) electrons. The summed E-state index contributed by atoms with van der Waals surface area (Å²) in [6, 6.07) is 0. The van der Waals surface area contributed by atoms with Gasteiger partial charge in [0.25, 0.3) is 0 Å². The van der Waals surface area contributed by atoms with Crippen molar-refractivity contribution in [2.75, 3.05) is 14.2 Å². The molecule has 0 bridgehead atoms. The quantitative estimate of drug-likeness (QED) is 0.594. The largest absolute Gasteiger partial charge is 0.388 e. The van der Waals surface area contributed by atoms with Gasteiger partial charge >= 0.3 is 0 Å². The van der Waals surface area contributed by atoms with Gasteiger partial charge < -0.3 is 24.4 Å². The molecule has 5 nitrogen and oxygen atoms in total. The van der Waals surface area contributed by atoms with Crippen molar-refractivity contribution in [3.8, 4) is 0 Å². The molecule has 0 saturated carbocycles. The lowest BCUT2D eigenvalue weighted by Crippen LogP contribution is -2.57. The molecule has 1 rings (SSSR count). The Labute approximate surface area is 77.2 Å². The van der Waals surface area contributed by atoms with Gasteiger partial charge in [0, 0.05) is 14.2 Å². The van der Waals surface area contributed by atoms with E-state index < -0.39 is 30.7 Å². The fourth-order valence-electron chi connectivity index (χ4n) is 1.47. The summed E-state index contributed by atoms with van der Waals surface area (Å²) in [6.45, 7) is 1.70. The number of methoxy groups -OCH3 is 2. The second-order valence-corrected chi connectivity index (χ2v) is 3.13. The lowest BCUT2D eigenvalue weighted by atomic mass is 10.00. The SMILES string of the molecule is CO[C@H]1O[C@@H](C)[C@H](O)[C@@H](OC)[C@H]1O. The Hall–Kier alpha value is -0.200. The minimum absolute atomic E-state index is 0.404. The highest BCUT2D eigenvalue weighted by Crippen LogP contribution is 2.22. The molecule has 1 aliphatic rings. The summed E-state index contributed by atoms with van der Waals surface area (Å²) in [5, 5.41) is 19.1. The van der Waals surface area contributed by atoms with E-state index in [4.69, 9.17) is 14.2 Å². The summed E-state index contributed by atoms with van der Waals surface area (Å²) in [4.78, 5) is 0. The molecule has 5 atom stereocenters. The summed E-state index contributed by atoms with van der Waals surface area (Å²) < 4.78 is 15.0. The zero-order valence-corrected chi connectivity index (χ0v) is 8.01. The van der Waals surface area contributed by atoms with E-state index in [0.29, 0.717) is 0 Å². The molecule has 5 heteroatoms. The zero-order chi connectivity index (χ0) is 10.0. The zero-order valence-electron chi connectivity index (χ0n) is 8.01. The van der Waals surface area contributed by atoms with Crippen LogP contribution < -0.4 is 0 Å². The predicted molar refractivity (Wildman–Crippen MR) is 44.2 cm³/mol. The molecule has 0 aromatic carbocycles. The first kappa shape index (κ1) is 10.9. The predicted octanol–water partition coefficient (Wildman–Crippen LogP) is -0.886. The summed E-state index contributed by atoms with van der Waals surface area (Å²) in [6.07, 6.45) is -3.58. The molecule has 13 heavy (non-hydrogen) atoms. The molecular formula is C8H16O5. The van der Waals surface area contributed by atoms with Crippen molar-refractivity contribution < 1.29 is 24.4 Å². The molecule has 1 fully saturated rings. The Kier molecular flexibility index (Phi) is 3.63. The van der Waals surface area contributed by atoms with Crippen LogP contribution in [-0.2, 0) is 14.2 Å². The van der Waals surface area contributed by atoms with Crippen LogP contribution in [-0.4, -0.2) is 55.1 Å². The number of hydrogen-bond donors (Lipinski definition) is 2. The van der Waals surface area contributed by atoms with Crippen LogP contribution in [0, 0.1) is 0 Å². The standard InChI is InChI=1S/C8H16O5/c1-4-5(9)7(11-2)6(10)8(12-3)13-4/h4-10H,1-3H3/t4-,5-,6+,7+,8-/m0/s1. The van der Waals surface area contributed by atoms with Gasteiger partial charge in [-0.15, -0.1) is 0 Å². The minimum Gasteiger partial charge on any atom is -0.388 e. The van der Waals surface area contributed by atoms with Gasteiger partial charge in [-0.2, -0.15) is 0 Å². The third-order valence-electron chi connectivity index (χ3n) is 2.29. The van der Waals surface area contributed by atoms with E-state index in [2.05, 4.69) is 0 Å². The molecule has 1 saturated heterocycles. The second-order valence-electron chi connectivity index (χ2n) is 3.13. The van der Waals surface area contributed by atoms with Gasteiger partial charge in [-0.1, -0.05) is 0 Å². The van der Waals surface area contributed by atoms with Crippen molar-refractivity contribution in [2.24, 2.45) is 0 Å². The van der Waals surface area contributed by atoms with Crippen LogP contribution >= 0.6 is 0 Å². The van der Waals surface area contributed by atoms with E-state index in [1.807, 2.05) is 0 Å². The smallest absolute Gasteiger partial charge is 0.186 e. The van der Waals surface area contributed by atoms with Crippen molar-refractivity contribution in [2.45, 2.75) is 37.6 Å². The Morgan fingerprint density at radius 1 is 1.08 bits per heavy atom. The maximum atomic E-state index is 9.58. The molecule has 0 aromatic heterocycles. The summed E-state index contributed by atoms with van der Waals surface area (Å²) in [5.74, 6) is 0. The highest BCUT2D eigenvalue weighted by atomic mass is 16.7. The second kappa shape index (κ2) is 4.34. The van der Waals surface area contributed by atoms with Crippen molar-refractivity contribution in [3.05, 3.63) is 0 Å². The number of hydrogen-bond acceptors (Lipinski definition) is 5. The van der Waals surface area contributed by atoms with Gasteiger partial charge in [-0.05, 0) is 6.92 Å². The fourth-order valence-corrected chi connectivity index (χ4v) is 1.47. The van der Waals surface area contributed by atoms with Crippen molar-refractivity contribution in [3.63, 3.8) is 0 Å². The summed E-state index contributed by atoms with van der Waals surface area (Å²) in [5.41, 5.74) is 0. The minimum atomic E-state index is -0.957. The molecule has 1 aliphatic heterocycles. The Bertz CT molecular complexity index is 163. The topological polar surface area (TPSA) is 68.2 Å². The van der Waals surface area contributed by atoms with Gasteiger partial charge in [0.05, 0.1) is 6.10 Å². The van der Waals surface area contributed by atoms with Crippen molar-refractivity contribution in [1.82, 2.24) is 0 Å². The first-order valence-corrected chi connectivity index (χ1v) is 4.19. The molecule has 0 aromatic rings. The summed E-state index contributed by atoms with van der Waals surface area (Å²) in [7, 11) is 2.87. The van der Waals surface area contributed by atoms with E-state index >= 15 is 0 Å². The van der Waals surface area contributed by atoms with Gasteiger partial charge in [-0.3, -0.25) is 0 Å². The maximum absolute atomic E-state index is 9.58. The highest BCUT2D eigenvalue weighted by Gasteiger charge is 2.43. The summed E-state index contributed by atoms with van der Waals surface area (Å²) >= 11 is 0. The van der Waals surface area contributed by atoms with Crippen molar-refractivity contribution in [1.29, 1.82) is 0 Å². The molecule has 0 aliphatic carbocycles. The monoisotopic (exact) mass is 192 g/mol. The highest BCUT2D eigenvalue weighted by molar-refractivity contribution is 4.88. The van der Waals surface area contributed by atoms with Crippen molar-refractivity contribution >= 4 is 0 Å². The van der Waals surface area contributed by atoms with Crippen LogP contribution in [0.25, 0.3) is 0 Å². The Balaban J connectivity index is 2.69. The van der Waals surface area contributed by atoms with Crippen LogP contribution in [0.1, 0.15) is 6.92 Å². The van der Waals surface area contributed by atoms with Gasteiger partial charge in [0.15, 0.2) is 6.29 Å². The molecular weight excluding hydrogens is 176 g/mol. The fraction of sp³-hybridized carbons (Fsp3) is 1.00. The maximum Gasteiger partial charge on any atom is 0.186 e. The number of aliphatic hydroxyl groups is 2. The van der Waals surface area contributed by atoms with E-state index in [1.165, 1.54) is 14.2 Å².